The van der Waals surface area contributed by atoms with Crippen LogP contribution in [0.15, 0.2) is 12.1 Å². The lowest BCUT2D eigenvalue weighted by Crippen LogP contribution is -2.55. The van der Waals surface area contributed by atoms with E-state index in [1.807, 2.05) is 12.1 Å². The maximum Gasteiger partial charge on any atom is 0.320 e. The van der Waals surface area contributed by atoms with Crippen LogP contribution in [-0.2, 0) is 4.79 Å². The molecule has 1 saturated carbocycles. The molecule has 21 heavy (non-hydrogen) atoms. The molecule has 0 aromatic carbocycles. The highest BCUT2D eigenvalue weighted by molar-refractivity contribution is 7.16. The van der Waals surface area contributed by atoms with Crippen molar-refractivity contribution in [3.63, 3.8) is 0 Å². The lowest BCUT2D eigenvalue weighted by Gasteiger charge is -2.49. The molecule has 5 heteroatoms. The van der Waals surface area contributed by atoms with Crippen LogP contribution in [0.5, 0.6) is 0 Å². The van der Waals surface area contributed by atoms with Crippen molar-refractivity contribution in [2.75, 3.05) is 0 Å². The van der Waals surface area contributed by atoms with Crippen LogP contribution in [0, 0.1) is 5.92 Å². The molecule has 1 N–H and O–H groups in total. The Morgan fingerprint density at radius 1 is 1.33 bits per heavy atom. The molecule has 0 bridgehead atoms. The largest absolute Gasteiger partial charge is 0.480 e. The first-order chi connectivity index (χ1) is 10.1. The normalized spacial score (nSPS) is 31.6. The highest BCUT2D eigenvalue weighted by Gasteiger charge is 2.43. The van der Waals surface area contributed by atoms with E-state index in [1.54, 1.807) is 11.3 Å². The molecular formula is C16H22ClNO2S. The van der Waals surface area contributed by atoms with Gasteiger partial charge in [0.2, 0.25) is 0 Å². The fourth-order valence-electron chi connectivity index (χ4n) is 4.18. The number of hydrogen-bond acceptors (Lipinski definition) is 3. The van der Waals surface area contributed by atoms with Crippen LogP contribution in [0.1, 0.15) is 56.4 Å². The number of piperidine rings is 1. The van der Waals surface area contributed by atoms with E-state index in [2.05, 4.69) is 11.8 Å². The van der Waals surface area contributed by atoms with E-state index in [1.165, 1.54) is 24.1 Å². The van der Waals surface area contributed by atoms with Gasteiger partial charge in [0, 0.05) is 17.0 Å². The molecule has 3 rings (SSSR count). The predicted octanol–water partition coefficient (Wildman–Crippen LogP) is 4.57. The molecule has 0 amide bonds. The van der Waals surface area contributed by atoms with Gasteiger partial charge >= 0.3 is 5.97 Å². The maximum absolute atomic E-state index is 11.7. The Morgan fingerprint density at radius 3 is 2.76 bits per heavy atom. The minimum atomic E-state index is -0.673. The number of hydrogen-bond donors (Lipinski definition) is 1. The Morgan fingerprint density at radius 2 is 2.10 bits per heavy atom. The molecule has 0 radical (unpaired) electrons. The van der Waals surface area contributed by atoms with Crippen LogP contribution in [0.25, 0.3) is 0 Å². The zero-order valence-corrected chi connectivity index (χ0v) is 13.9. The Kier molecular flexibility index (Phi) is 4.57. The number of halogens is 1. The zero-order chi connectivity index (χ0) is 15.0. The number of nitrogens with zero attached hydrogens (tertiary/aromatic N) is 1. The predicted molar refractivity (Wildman–Crippen MR) is 86.0 cm³/mol. The molecular weight excluding hydrogens is 306 g/mol. The van der Waals surface area contributed by atoms with Crippen molar-refractivity contribution in [1.29, 1.82) is 0 Å². The minimum Gasteiger partial charge on any atom is -0.480 e. The standard InChI is InChI=1S/C16H22ClNO2S/c1-10(14-8-9-15(17)21-14)18-12-5-3-2-4-11(12)6-7-13(18)16(19)20/h8-13H,2-7H2,1H3,(H,19,20). The second kappa shape index (κ2) is 6.27. The molecule has 1 aromatic rings. The molecule has 1 aliphatic carbocycles. The monoisotopic (exact) mass is 327 g/mol. The van der Waals surface area contributed by atoms with Crippen LogP contribution in [0.2, 0.25) is 4.34 Å². The molecule has 4 unspecified atom stereocenters. The first-order valence-corrected chi connectivity index (χ1v) is 9.03. The molecule has 2 aliphatic rings. The van der Waals surface area contributed by atoms with Crippen molar-refractivity contribution in [1.82, 2.24) is 4.90 Å². The molecule has 1 aliphatic heterocycles. The molecule has 1 aromatic heterocycles. The van der Waals surface area contributed by atoms with Gasteiger partial charge in [-0.3, -0.25) is 9.69 Å². The van der Waals surface area contributed by atoms with Gasteiger partial charge in [-0.2, -0.15) is 0 Å². The van der Waals surface area contributed by atoms with Crippen LogP contribution in [0.3, 0.4) is 0 Å². The van der Waals surface area contributed by atoms with Gasteiger partial charge in [0.25, 0.3) is 0 Å². The summed E-state index contributed by atoms with van der Waals surface area (Å²) in [7, 11) is 0. The van der Waals surface area contributed by atoms with Gasteiger partial charge in [-0.05, 0) is 50.7 Å². The average Bonchev–Trinajstić information content (AvgIpc) is 2.91. The summed E-state index contributed by atoms with van der Waals surface area (Å²) in [5.41, 5.74) is 0. The Balaban J connectivity index is 1.90. The second-order valence-corrected chi connectivity index (χ2v) is 8.05. The van der Waals surface area contributed by atoms with Gasteiger partial charge in [-0.25, -0.2) is 0 Å². The molecule has 0 spiro atoms. The molecule has 3 nitrogen and oxygen atoms in total. The summed E-state index contributed by atoms with van der Waals surface area (Å²) in [6, 6.07) is 4.17. The van der Waals surface area contributed by atoms with Gasteiger partial charge in [-0.15, -0.1) is 11.3 Å². The number of rotatable bonds is 3. The lowest BCUT2D eigenvalue weighted by molar-refractivity contribution is -0.150. The van der Waals surface area contributed by atoms with E-state index in [0.717, 1.165) is 23.6 Å². The molecule has 116 valence electrons. The van der Waals surface area contributed by atoms with Gasteiger partial charge in [0.15, 0.2) is 0 Å². The fraction of sp³-hybridized carbons (Fsp3) is 0.688. The lowest BCUT2D eigenvalue weighted by atomic mass is 9.75. The smallest absolute Gasteiger partial charge is 0.320 e. The third-order valence-electron chi connectivity index (χ3n) is 5.16. The summed E-state index contributed by atoms with van der Waals surface area (Å²) < 4.78 is 0.779. The van der Waals surface area contributed by atoms with E-state index in [0.29, 0.717) is 12.0 Å². The van der Waals surface area contributed by atoms with Gasteiger partial charge < -0.3 is 5.11 Å². The minimum absolute atomic E-state index is 0.134. The summed E-state index contributed by atoms with van der Waals surface area (Å²) in [5.74, 6) is 0.000704. The highest BCUT2D eigenvalue weighted by atomic mass is 35.5. The van der Waals surface area contributed by atoms with Crippen LogP contribution in [0.4, 0.5) is 0 Å². The van der Waals surface area contributed by atoms with E-state index >= 15 is 0 Å². The van der Waals surface area contributed by atoms with E-state index < -0.39 is 5.97 Å². The number of fused-ring (bicyclic) bond motifs is 1. The summed E-state index contributed by atoms with van der Waals surface area (Å²) in [6.07, 6.45) is 6.76. The third kappa shape index (κ3) is 2.99. The maximum atomic E-state index is 11.7. The van der Waals surface area contributed by atoms with E-state index in [4.69, 9.17) is 11.6 Å². The number of likely N-dealkylation sites (tertiary alicyclic amines) is 1. The van der Waals surface area contributed by atoms with Crippen LogP contribution >= 0.6 is 22.9 Å². The molecule has 1 saturated heterocycles. The van der Waals surface area contributed by atoms with Crippen LogP contribution in [-0.4, -0.2) is 28.1 Å². The van der Waals surface area contributed by atoms with E-state index in [9.17, 15) is 9.90 Å². The Bertz CT molecular complexity index is 518. The van der Waals surface area contributed by atoms with Crippen molar-refractivity contribution in [2.45, 2.75) is 63.6 Å². The SMILES string of the molecule is CC(c1ccc(Cl)s1)N1C(C(=O)O)CCC2CCCCC21. The summed E-state index contributed by atoms with van der Waals surface area (Å²) in [6.45, 7) is 2.13. The topological polar surface area (TPSA) is 40.5 Å². The van der Waals surface area contributed by atoms with E-state index in [-0.39, 0.29) is 12.1 Å². The third-order valence-corrected chi connectivity index (χ3v) is 6.56. The number of carboxylic acids is 1. The highest BCUT2D eigenvalue weighted by Crippen LogP contribution is 2.43. The number of carbonyl (C=O) groups is 1. The van der Waals surface area contributed by atoms with Gasteiger partial charge in [0.1, 0.15) is 6.04 Å². The van der Waals surface area contributed by atoms with Crippen LogP contribution < -0.4 is 0 Å². The molecule has 2 heterocycles. The number of thiophene rings is 1. The summed E-state index contributed by atoms with van der Waals surface area (Å²) in [4.78, 5) is 15.2. The number of carboxylic acid groups (broad SMARTS) is 1. The van der Waals surface area contributed by atoms with Crippen molar-refractivity contribution < 1.29 is 9.90 Å². The quantitative estimate of drug-likeness (QED) is 0.884. The molecule has 4 atom stereocenters. The Labute approximate surface area is 134 Å². The average molecular weight is 328 g/mol. The van der Waals surface area contributed by atoms with Crippen molar-refractivity contribution >= 4 is 28.9 Å². The summed E-state index contributed by atoms with van der Waals surface area (Å²) in [5, 5.41) is 9.64. The van der Waals surface area contributed by atoms with Gasteiger partial charge in [-0.1, -0.05) is 24.4 Å². The summed E-state index contributed by atoms with van der Waals surface area (Å²) >= 11 is 7.64. The zero-order valence-electron chi connectivity index (χ0n) is 12.3. The first kappa shape index (κ1) is 15.3. The van der Waals surface area contributed by atoms with Crippen molar-refractivity contribution in [2.24, 2.45) is 5.92 Å². The second-order valence-electron chi connectivity index (χ2n) is 6.31. The fourth-order valence-corrected chi connectivity index (χ4v) is 5.30. The first-order valence-electron chi connectivity index (χ1n) is 7.83. The van der Waals surface area contributed by atoms with Crippen molar-refractivity contribution in [3.05, 3.63) is 21.3 Å². The van der Waals surface area contributed by atoms with Crippen molar-refractivity contribution in [3.8, 4) is 0 Å². The molecule has 2 fully saturated rings. The number of aliphatic carboxylic acids is 1. The van der Waals surface area contributed by atoms with Gasteiger partial charge in [0.05, 0.1) is 4.34 Å². The Hall–Kier alpha value is -0.580.